The summed E-state index contributed by atoms with van der Waals surface area (Å²) in [6, 6.07) is 0. The van der Waals surface area contributed by atoms with E-state index >= 15 is 0 Å². The molecule has 2 aliphatic rings. The van der Waals surface area contributed by atoms with Crippen molar-refractivity contribution in [1.29, 1.82) is 0 Å². The van der Waals surface area contributed by atoms with Crippen LogP contribution in [0.1, 0.15) is 19.8 Å². The van der Waals surface area contributed by atoms with E-state index < -0.39 is 0 Å². The number of fused-ring (bicyclic) bond motifs is 1. The summed E-state index contributed by atoms with van der Waals surface area (Å²) in [7, 11) is 0. The molecular weight excluding hydrogens is 166 g/mol. The van der Waals surface area contributed by atoms with E-state index in [0.717, 1.165) is 18.6 Å². The van der Waals surface area contributed by atoms with Crippen LogP contribution < -0.4 is 0 Å². The molecule has 0 fully saturated rings. The fraction of sp³-hybridized carbons (Fsp3) is 0.400. The maximum absolute atomic E-state index is 11.0. The number of hydrogen-bond acceptors (Lipinski definition) is 3. The molecule has 1 aliphatic heterocycles. The Balaban J connectivity index is 2.17. The average molecular weight is 177 g/mol. The van der Waals surface area contributed by atoms with Crippen LogP contribution in [0.5, 0.6) is 0 Å². The Labute approximate surface area is 76.8 Å². The van der Waals surface area contributed by atoms with Gasteiger partial charge in [-0.25, -0.2) is 4.99 Å². The third-order valence-corrected chi connectivity index (χ3v) is 2.01. The lowest BCUT2D eigenvalue weighted by molar-refractivity contribution is -0.110. The van der Waals surface area contributed by atoms with E-state index in [4.69, 9.17) is 4.74 Å². The zero-order valence-electron chi connectivity index (χ0n) is 7.49. The van der Waals surface area contributed by atoms with Crippen molar-refractivity contribution in [2.45, 2.75) is 26.0 Å². The summed E-state index contributed by atoms with van der Waals surface area (Å²) >= 11 is 0. The molecule has 2 rings (SSSR count). The number of aliphatic imine (C=N–C) groups is 1. The molecule has 0 aromatic heterocycles. The molecule has 0 amide bonds. The molecule has 3 heteroatoms. The van der Waals surface area contributed by atoms with Crippen molar-refractivity contribution in [3.05, 3.63) is 24.0 Å². The second-order valence-corrected chi connectivity index (χ2v) is 3.12. The Morgan fingerprint density at radius 1 is 1.54 bits per heavy atom. The van der Waals surface area contributed by atoms with E-state index in [1.165, 1.54) is 12.2 Å². The van der Waals surface area contributed by atoms with Gasteiger partial charge in [0.15, 0.2) is 17.8 Å². The largest absolute Gasteiger partial charge is 0.466 e. The Morgan fingerprint density at radius 3 is 3.15 bits per heavy atom. The number of ketones is 1. The molecule has 0 aromatic carbocycles. The van der Waals surface area contributed by atoms with Gasteiger partial charge >= 0.3 is 0 Å². The summed E-state index contributed by atoms with van der Waals surface area (Å²) in [6.45, 7) is 2.08. The summed E-state index contributed by atoms with van der Waals surface area (Å²) in [5.41, 5.74) is 0.804. The van der Waals surface area contributed by atoms with E-state index in [1.807, 2.05) is 0 Å². The third kappa shape index (κ3) is 1.54. The Kier molecular flexibility index (Phi) is 2.00. The Bertz CT molecular complexity index is 326. The summed E-state index contributed by atoms with van der Waals surface area (Å²) in [4.78, 5) is 15.3. The van der Waals surface area contributed by atoms with Gasteiger partial charge in [-0.3, -0.25) is 4.79 Å². The summed E-state index contributed by atoms with van der Waals surface area (Å²) < 4.78 is 5.46. The quantitative estimate of drug-likeness (QED) is 0.601. The zero-order chi connectivity index (χ0) is 9.26. The fourth-order valence-corrected chi connectivity index (χ4v) is 1.39. The molecular formula is C10H11NO2. The van der Waals surface area contributed by atoms with Crippen molar-refractivity contribution in [2.24, 2.45) is 4.99 Å². The van der Waals surface area contributed by atoms with Crippen molar-refractivity contribution in [3.8, 4) is 0 Å². The minimum absolute atomic E-state index is 0.0221. The highest BCUT2D eigenvalue weighted by Gasteiger charge is 2.23. The third-order valence-electron chi connectivity index (χ3n) is 2.01. The van der Waals surface area contributed by atoms with Crippen LogP contribution >= 0.6 is 0 Å². The van der Waals surface area contributed by atoms with Gasteiger partial charge in [0.05, 0.1) is 0 Å². The molecule has 13 heavy (non-hydrogen) atoms. The maximum Gasteiger partial charge on any atom is 0.190 e. The normalized spacial score (nSPS) is 25.0. The smallest absolute Gasteiger partial charge is 0.190 e. The number of carbonyl (C=O) groups excluding carboxylic acids is 1. The molecule has 0 saturated heterocycles. The second kappa shape index (κ2) is 3.17. The number of carbonyl (C=O) groups is 1. The van der Waals surface area contributed by atoms with Gasteiger partial charge in [0.1, 0.15) is 5.71 Å². The molecule has 0 aromatic rings. The van der Waals surface area contributed by atoms with Gasteiger partial charge in [-0.05, 0) is 12.2 Å². The molecule has 0 radical (unpaired) electrons. The zero-order valence-corrected chi connectivity index (χ0v) is 7.49. The number of nitrogens with zero attached hydrogens (tertiary/aromatic N) is 1. The van der Waals surface area contributed by atoms with Gasteiger partial charge in [-0.1, -0.05) is 13.3 Å². The number of ether oxygens (including phenoxy) is 1. The lowest BCUT2D eigenvalue weighted by Crippen LogP contribution is -2.06. The minimum Gasteiger partial charge on any atom is -0.466 e. The molecule has 1 atom stereocenters. The molecule has 0 bridgehead atoms. The molecule has 68 valence electrons. The molecule has 1 heterocycles. The van der Waals surface area contributed by atoms with Crippen molar-refractivity contribution >= 4 is 11.5 Å². The molecule has 1 aliphatic carbocycles. The van der Waals surface area contributed by atoms with E-state index in [-0.39, 0.29) is 12.0 Å². The highest BCUT2D eigenvalue weighted by atomic mass is 16.5. The van der Waals surface area contributed by atoms with Gasteiger partial charge in [0.2, 0.25) is 0 Å². The van der Waals surface area contributed by atoms with E-state index in [2.05, 4.69) is 11.9 Å². The first kappa shape index (κ1) is 8.23. The molecule has 0 N–H and O–H groups in total. The molecule has 3 nitrogen and oxygen atoms in total. The SMILES string of the molecule is CCCC1N=C2C=CC(=O)C=C2O1. The van der Waals surface area contributed by atoms with Gasteiger partial charge < -0.3 is 4.74 Å². The Hall–Kier alpha value is -1.38. The van der Waals surface area contributed by atoms with Crippen molar-refractivity contribution in [3.63, 3.8) is 0 Å². The maximum atomic E-state index is 11.0. The standard InChI is InChI=1S/C10H11NO2/c1-2-3-10-11-8-5-4-7(12)6-9(8)13-10/h4-6,10H,2-3H2,1H3. The first-order valence-electron chi connectivity index (χ1n) is 4.48. The number of rotatable bonds is 2. The first-order chi connectivity index (χ1) is 6.29. The van der Waals surface area contributed by atoms with Crippen LogP contribution in [0.3, 0.4) is 0 Å². The minimum atomic E-state index is -0.0817. The molecule has 0 saturated carbocycles. The summed E-state index contributed by atoms with van der Waals surface area (Å²) in [6.07, 6.45) is 6.58. The van der Waals surface area contributed by atoms with E-state index in [9.17, 15) is 4.79 Å². The lowest BCUT2D eigenvalue weighted by atomic mass is 10.1. The van der Waals surface area contributed by atoms with Crippen LogP contribution in [0.25, 0.3) is 0 Å². The van der Waals surface area contributed by atoms with Crippen molar-refractivity contribution in [1.82, 2.24) is 0 Å². The monoisotopic (exact) mass is 177 g/mol. The fourth-order valence-electron chi connectivity index (χ4n) is 1.39. The lowest BCUT2D eigenvalue weighted by Gasteiger charge is -2.07. The van der Waals surface area contributed by atoms with Crippen LogP contribution in [0, 0.1) is 0 Å². The first-order valence-corrected chi connectivity index (χ1v) is 4.48. The average Bonchev–Trinajstić information content (AvgIpc) is 2.46. The second-order valence-electron chi connectivity index (χ2n) is 3.12. The number of allylic oxidation sites excluding steroid dienone is 3. The highest BCUT2D eigenvalue weighted by molar-refractivity contribution is 6.19. The van der Waals surface area contributed by atoms with E-state index in [0.29, 0.717) is 5.76 Å². The van der Waals surface area contributed by atoms with Gasteiger partial charge in [0, 0.05) is 12.5 Å². The highest BCUT2D eigenvalue weighted by Crippen LogP contribution is 2.22. The van der Waals surface area contributed by atoms with Crippen LogP contribution in [0.2, 0.25) is 0 Å². The van der Waals surface area contributed by atoms with Crippen LogP contribution in [0.4, 0.5) is 0 Å². The Morgan fingerprint density at radius 2 is 2.38 bits per heavy atom. The topological polar surface area (TPSA) is 38.7 Å². The van der Waals surface area contributed by atoms with Crippen molar-refractivity contribution in [2.75, 3.05) is 0 Å². The van der Waals surface area contributed by atoms with Crippen LogP contribution in [-0.4, -0.2) is 17.7 Å². The predicted octanol–water partition coefficient (Wildman–Crippen LogP) is 1.61. The van der Waals surface area contributed by atoms with Gasteiger partial charge in [0.25, 0.3) is 0 Å². The van der Waals surface area contributed by atoms with Crippen LogP contribution in [0.15, 0.2) is 29.0 Å². The summed E-state index contributed by atoms with van der Waals surface area (Å²) in [5, 5.41) is 0. The predicted molar refractivity (Wildman–Crippen MR) is 49.4 cm³/mol. The van der Waals surface area contributed by atoms with E-state index in [1.54, 1.807) is 6.08 Å². The number of hydrogen-bond donors (Lipinski definition) is 0. The summed E-state index contributed by atoms with van der Waals surface area (Å²) in [5.74, 6) is 0.608. The molecule has 0 spiro atoms. The molecule has 1 unspecified atom stereocenters. The van der Waals surface area contributed by atoms with Gasteiger partial charge in [-0.15, -0.1) is 0 Å². The van der Waals surface area contributed by atoms with Crippen molar-refractivity contribution < 1.29 is 9.53 Å². The van der Waals surface area contributed by atoms with Gasteiger partial charge in [-0.2, -0.15) is 0 Å². The van der Waals surface area contributed by atoms with Crippen LogP contribution in [-0.2, 0) is 9.53 Å².